The van der Waals surface area contributed by atoms with Gasteiger partial charge in [-0.2, -0.15) is 0 Å². The average Bonchev–Trinajstić information content (AvgIpc) is 3.15. The highest BCUT2D eigenvalue weighted by Crippen LogP contribution is 2.28. The van der Waals surface area contributed by atoms with Crippen molar-refractivity contribution in [3.05, 3.63) is 136 Å². The molecule has 60 heavy (non-hydrogen) atoms. The summed E-state index contributed by atoms with van der Waals surface area (Å²) in [6.07, 6.45) is 0. The summed E-state index contributed by atoms with van der Waals surface area (Å²) in [5.74, 6) is -30.1. The Morgan fingerprint density at radius 3 is 1.10 bits per heavy atom. The molecule has 324 valence electrons. The summed E-state index contributed by atoms with van der Waals surface area (Å²) in [5, 5.41) is 33.5. The zero-order valence-corrected chi connectivity index (χ0v) is 32.2. The highest BCUT2D eigenvalue weighted by molar-refractivity contribution is 9.10. The van der Waals surface area contributed by atoms with Crippen LogP contribution in [0.5, 0.6) is 0 Å². The second-order valence-corrected chi connectivity index (χ2v) is 11.8. The summed E-state index contributed by atoms with van der Waals surface area (Å²) in [6, 6.07) is 2.36. The minimum absolute atomic E-state index is 0.0145. The summed E-state index contributed by atoms with van der Waals surface area (Å²) < 4.78 is 163. The monoisotopic (exact) mass is 1000 g/mol. The summed E-state index contributed by atoms with van der Waals surface area (Å²) in [4.78, 5) is 63.6. The van der Waals surface area contributed by atoms with Crippen molar-refractivity contribution in [1.29, 1.82) is 0 Å². The molecule has 4 aromatic carbocycles. The van der Waals surface area contributed by atoms with Crippen LogP contribution in [0.2, 0.25) is 0 Å². The van der Waals surface area contributed by atoms with E-state index >= 15 is 0 Å². The lowest BCUT2D eigenvalue weighted by Gasteiger charge is -2.08. The Labute approximate surface area is 341 Å². The lowest BCUT2D eigenvalue weighted by atomic mass is 10.1. The Balaban J connectivity index is 0.000000404. The Morgan fingerprint density at radius 2 is 0.733 bits per heavy atom. The number of hydrogen-bond donors (Lipinski definition) is 4. The van der Waals surface area contributed by atoms with E-state index in [1.807, 2.05) is 0 Å². The molecule has 0 saturated heterocycles. The lowest BCUT2D eigenvalue weighted by molar-refractivity contribution is 0.0504. The lowest BCUT2D eigenvalue weighted by Crippen LogP contribution is -2.17. The number of carbonyl (C=O) groups is 6. The van der Waals surface area contributed by atoms with Crippen molar-refractivity contribution < 1.29 is 111 Å². The van der Waals surface area contributed by atoms with E-state index in [2.05, 4.69) is 41.3 Å². The molecule has 0 aliphatic heterocycles. The summed E-state index contributed by atoms with van der Waals surface area (Å²) >= 11 is 4.96. The zero-order chi connectivity index (χ0) is 46.7. The third kappa shape index (κ3) is 12.4. The number of ether oxygens (including phenoxy) is 2. The largest absolute Gasteiger partial charge is 0.478 e. The van der Waals surface area contributed by atoms with Gasteiger partial charge in [-0.3, -0.25) is 0 Å². The molecule has 4 N–H and O–H groups in total. The Bertz CT molecular complexity index is 2320. The van der Waals surface area contributed by atoms with Crippen LogP contribution < -0.4 is 0 Å². The summed E-state index contributed by atoms with van der Waals surface area (Å²) in [7, 11) is 0. The van der Waals surface area contributed by atoms with Gasteiger partial charge in [0.25, 0.3) is 0 Å². The van der Waals surface area contributed by atoms with Crippen molar-refractivity contribution in [2.45, 2.75) is 13.8 Å². The summed E-state index contributed by atoms with van der Waals surface area (Å²) in [6.45, 7) is 2.56. The maximum absolute atomic E-state index is 13.3. The van der Waals surface area contributed by atoms with E-state index in [0.29, 0.717) is 18.2 Å². The van der Waals surface area contributed by atoms with Gasteiger partial charge in [-0.05, 0) is 70.0 Å². The predicted octanol–water partition coefficient (Wildman–Crippen LogP) is 9.09. The van der Waals surface area contributed by atoms with Gasteiger partial charge in [0.15, 0.2) is 46.5 Å². The van der Waals surface area contributed by atoms with Gasteiger partial charge >= 0.3 is 35.8 Å². The molecule has 0 radical (unpaired) electrons. The third-order valence-corrected chi connectivity index (χ3v) is 7.71. The summed E-state index contributed by atoms with van der Waals surface area (Å²) in [5.41, 5.74) is -7.18. The molecule has 0 amide bonds. The number of esters is 2. The number of carboxylic acid groups (broad SMARTS) is 4. The molecule has 26 heteroatoms. The van der Waals surface area contributed by atoms with Gasteiger partial charge in [0, 0.05) is 0 Å². The molecule has 0 fully saturated rings. The third-order valence-electron chi connectivity index (χ3n) is 6.40. The normalized spacial score (nSPS) is 10.1. The zero-order valence-electron chi connectivity index (χ0n) is 29.1. The number of benzene rings is 4. The molecule has 4 aromatic rings. The van der Waals surface area contributed by atoms with E-state index in [9.17, 15) is 81.5 Å². The molecule has 0 atom stereocenters. The predicted molar refractivity (Wildman–Crippen MR) is 180 cm³/mol. The van der Waals surface area contributed by atoms with Crippen LogP contribution in [0.1, 0.15) is 76.0 Å². The Morgan fingerprint density at radius 1 is 0.433 bits per heavy atom. The maximum Gasteiger partial charge on any atom is 0.344 e. The van der Waals surface area contributed by atoms with Crippen molar-refractivity contribution >= 4 is 67.7 Å². The topological polar surface area (TPSA) is 202 Å². The molecule has 0 heterocycles. The molecule has 4 rings (SSSR count). The SMILES string of the molecule is CCOC(=O)c1c(F)c(F)c(C(=O)O)c(F)c1F.CCOC(=O)c1cc(F)c(C(=O)O)cc1F.O=C(O)c1c(F)c(F)c(Br)c(F)c1F.O=C(O)c1cc(F)c(Br)cc1F. The van der Waals surface area contributed by atoms with Gasteiger partial charge in [-0.15, -0.1) is 0 Å². The van der Waals surface area contributed by atoms with Gasteiger partial charge in [0.1, 0.15) is 40.0 Å². The van der Waals surface area contributed by atoms with Crippen molar-refractivity contribution in [3.63, 3.8) is 0 Å². The van der Waals surface area contributed by atoms with Gasteiger partial charge in [-0.1, -0.05) is 0 Å². The number of aromatic carboxylic acids is 4. The standard InChI is InChI=1S/C10H6F4O4.C10H8F2O4.C7HBrF4O2.C7H3BrF2O2/c1-2-18-10(17)4-7(13)5(11)3(9(15)16)6(12)8(4)14;1-2-16-10(15)6-4-7(11)5(9(13)14)3-8(6)12;8-2-5(11)3(9)1(7(13)14)4(10)6(2)12;8-4-2-5(9)3(7(11)12)1-6(4)10/h2H2,1H3,(H,15,16);3-4H,2H2,1H3,(H,13,14);(H,13,14);1-2H,(H,11,12). The smallest absolute Gasteiger partial charge is 0.344 e. The fourth-order valence-corrected chi connectivity index (χ4v) is 4.42. The highest BCUT2D eigenvalue weighted by Gasteiger charge is 2.33. The van der Waals surface area contributed by atoms with E-state index < -0.39 is 143 Å². The minimum Gasteiger partial charge on any atom is -0.478 e. The van der Waals surface area contributed by atoms with Crippen molar-refractivity contribution in [1.82, 2.24) is 0 Å². The average molecular weight is 1010 g/mol. The quantitative estimate of drug-likeness (QED) is 0.0566. The van der Waals surface area contributed by atoms with Gasteiger partial charge < -0.3 is 29.9 Å². The number of carboxylic acids is 4. The molecule has 0 bridgehead atoms. The second-order valence-electron chi connectivity index (χ2n) is 10.2. The Hall–Kier alpha value is -6.18. The molecular formula is C34H18Br2F12O12. The number of rotatable bonds is 8. The molecule has 0 unspecified atom stereocenters. The molecule has 12 nitrogen and oxygen atoms in total. The van der Waals surface area contributed by atoms with E-state index in [1.165, 1.54) is 13.8 Å². The first-order valence-electron chi connectivity index (χ1n) is 15.0. The van der Waals surface area contributed by atoms with Crippen molar-refractivity contribution in [3.8, 4) is 0 Å². The molecular weight excluding hydrogens is 988 g/mol. The van der Waals surface area contributed by atoms with Crippen molar-refractivity contribution in [2.75, 3.05) is 13.2 Å². The van der Waals surface area contributed by atoms with E-state index in [-0.39, 0.29) is 17.7 Å². The highest BCUT2D eigenvalue weighted by atomic mass is 79.9. The van der Waals surface area contributed by atoms with Crippen LogP contribution in [-0.4, -0.2) is 69.5 Å². The molecule has 0 spiro atoms. The van der Waals surface area contributed by atoms with Crippen LogP contribution in [0.4, 0.5) is 52.7 Å². The first kappa shape index (κ1) is 51.8. The van der Waals surface area contributed by atoms with Crippen LogP contribution in [0.15, 0.2) is 33.2 Å². The van der Waals surface area contributed by atoms with Gasteiger partial charge in [0.2, 0.25) is 0 Å². The number of halogens is 14. The van der Waals surface area contributed by atoms with Crippen LogP contribution >= 0.6 is 31.9 Å². The van der Waals surface area contributed by atoms with E-state index in [0.717, 1.165) is 6.07 Å². The Kier molecular flexibility index (Phi) is 19.2. The van der Waals surface area contributed by atoms with Crippen LogP contribution in [0.3, 0.4) is 0 Å². The van der Waals surface area contributed by atoms with Crippen molar-refractivity contribution in [2.24, 2.45) is 0 Å². The number of hydrogen-bond acceptors (Lipinski definition) is 8. The number of carbonyl (C=O) groups excluding carboxylic acids is 2. The van der Waals surface area contributed by atoms with Crippen LogP contribution in [0, 0.1) is 69.8 Å². The molecule has 0 saturated carbocycles. The van der Waals surface area contributed by atoms with Gasteiger partial charge in [-0.25, -0.2) is 81.5 Å². The van der Waals surface area contributed by atoms with Gasteiger partial charge in [0.05, 0.1) is 38.8 Å². The maximum atomic E-state index is 13.3. The van der Waals surface area contributed by atoms with Crippen LogP contribution in [-0.2, 0) is 9.47 Å². The molecule has 0 aliphatic rings. The van der Waals surface area contributed by atoms with E-state index in [1.54, 1.807) is 0 Å². The minimum atomic E-state index is -2.20. The fraction of sp³-hybridized carbons (Fsp3) is 0.118. The van der Waals surface area contributed by atoms with Crippen LogP contribution in [0.25, 0.3) is 0 Å². The molecule has 0 aliphatic carbocycles. The van der Waals surface area contributed by atoms with E-state index in [4.69, 9.17) is 20.4 Å². The second kappa shape index (κ2) is 22.3. The first-order valence-corrected chi connectivity index (χ1v) is 16.6. The fourth-order valence-electron chi connectivity index (χ4n) is 3.76. The first-order chi connectivity index (χ1) is 27.7. The molecule has 0 aromatic heterocycles.